The largest absolute Gasteiger partial charge is 0.575 e. The summed E-state index contributed by atoms with van der Waals surface area (Å²) < 4.78 is 35.9. The molecular weight excluding hydrogens is 531 g/mol. The van der Waals surface area contributed by atoms with Gasteiger partial charge in [-0.1, -0.05) is 0 Å². The molecule has 0 saturated heterocycles. The van der Waals surface area contributed by atoms with Crippen LogP contribution < -0.4 is 20.4 Å². The molecule has 39 heavy (non-hydrogen) atoms. The number of carboxylic acid groups (broad SMARTS) is 2. The molecule has 5 N–H and O–H groups in total. The smallest absolute Gasteiger partial charge is 0.481 e. The number of nitrogens with zero attached hydrogens (tertiary/aromatic N) is 2. The van der Waals surface area contributed by atoms with Crippen molar-refractivity contribution < 1.29 is 52.1 Å². The first-order valence-electron chi connectivity index (χ1n) is 11.7. The van der Waals surface area contributed by atoms with E-state index in [4.69, 9.17) is 5.11 Å². The first-order chi connectivity index (χ1) is 17.9. The minimum Gasteiger partial charge on any atom is -0.481 e. The number of hydrogen-bond acceptors (Lipinski definition) is 7. The van der Waals surface area contributed by atoms with Gasteiger partial charge in [0.1, 0.15) is 6.04 Å². The number of rotatable bonds is 13. The summed E-state index contributed by atoms with van der Waals surface area (Å²) in [6.07, 6.45) is -1.90. The molecule has 0 saturated carbocycles. The van der Waals surface area contributed by atoms with Crippen molar-refractivity contribution in [2.75, 3.05) is 34.2 Å². The van der Waals surface area contributed by atoms with Crippen molar-refractivity contribution in [3.05, 3.63) is 23.9 Å². The Morgan fingerprint density at radius 1 is 1.00 bits per heavy atom. The number of alkyl halides is 3. The predicted molar refractivity (Wildman–Crippen MR) is 133 cm³/mol. The van der Waals surface area contributed by atoms with Crippen LogP contribution in [0, 0.1) is 0 Å². The second kappa shape index (κ2) is 16.8. The van der Waals surface area contributed by atoms with Crippen LogP contribution in [0.1, 0.15) is 49.4 Å². The quantitative estimate of drug-likeness (QED) is 0.135. The summed E-state index contributed by atoms with van der Waals surface area (Å²) in [7, 11) is 5.93. The number of esters is 1. The number of ether oxygens (including phenoxy) is 1. The van der Waals surface area contributed by atoms with Gasteiger partial charge in [0.15, 0.2) is 0 Å². The number of hydrogen-bond donors (Lipinski definition) is 5. The molecule has 0 radical (unpaired) electrons. The SMILES string of the molecule is CC(=O)OC(F)(F)F.C[N+](C)(C)c1ccc(C(=O)NCCCCC(NC(=O)NCCCC(=O)O)C(=O)O)cn1. The summed E-state index contributed by atoms with van der Waals surface area (Å²) >= 11 is 0. The third-order valence-corrected chi connectivity index (χ3v) is 4.62. The van der Waals surface area contributed by atoms with Gasteiger partial charge in [0, 0.05) is 38.7 Å². The predicted octanol–water partition coefficient (Wildman–Crippen LogP) is 1.86. The number of urea groups is 1. The highest BCUT2D eigenvalue weighted by Crippen LogP contribution is 2.15. The van der Waals surface area contributed by atoms with E-state index in [-0.39, 0.29) is 31.7 Å². The van der Waals surface area contributed by atoms with Crippen molar-refractivity contribution in [2.45, 2.75) is 51.4 Å². The lowest BCUT2D eigenvalue weighted by Crippen LogP contribution is -2.46. The number of carbonyl (C=O) groups is 5. The lowest BCUT2D eigenvalue weighted by molar-refractivity contribution is -0.304. The number of unbranched alkanes of at least 4 members (excludes halogenated alkanes) is 1. The van der Waals surface area contributed by atoms with Crippen LogP contribution in [-0.4, -0.2) is 91.7 Å². The molecule has 1 heterocycles. The lowest BCUT2D eigenvalue weighted by atomic mass is 10.1. The van der Waals surface area contributed by atoms with Crippen LogP contribution in [0.25, 0.3) is 0 Å². The molecule has 1 aromatic heterocycles. The minimum absolute atomic E-state index is 0.0790. The molecule has 220 valence electrons. The van der Waals surface area contributed by atoms with Crippen LogP contribution >= 0.6 is 0 Å². The van der Waals surface area contributed by atoms with E-state index < -0.39 is 36.3 Å². The summed E-state index contributed by atoms with van der Waals surface area (Å²) in [6.45, 7) is 1.19. The molecule has 1 aromatic rings. The van der Waals surface area contributed by atoms with Gasteiger partial charge < -0.3 is 30.9 Å². The Balaban J connectivity index is 0.00000156. The van der Waals surface area contributed by atoms with Crippen LogP contribution in [0.4, 0.5) is 23.8 Å². The Morgan fingerprint density at radius 3 is 2.05 bits per heavy atom. The minimum atomic E-state index is -4.83. The van der Waals surface area contributed by atoms with E-state index in [2.05, 4.69) is 25.7 Å². The zero-order valence-corrected chi connectivity index (χ0v) is 22.1. The zero-order chi connectivity index (χ0) is 30.2. The highest BCUT2D eigenvalue weighted by atomic mass is 19.4. The second-order valence-electron chi connectivity index (χ2n) is 9.00. The van der Waals surface area contributed by atoms with Gasteiger partial charge in [-0.05, 0) is 31.7 Å². The fourth-order valence-electron chi connectivity index (χ4n) is 2.77. The molecule has 0 spiro atoms. The van der Waals surface area contributed by atoms with Crippen molar-refractivity contribution in [1.29, 1.82) is 0 Å². The fourth-order valence-corrected chi connectivity index (χ4v) is 2.77. The normalized spacial score (nSPS) is 11.8. The number of pyridine rings is 1. The molecule has 1 rings (SSSR count). The van der Waals surface area contributed by atoms with Crippen molar-refractivity contribution in [3.63, 3.8) is 0 Å². The maximum absolute atomic E-state index is 12.2. The Labute approximate surface area is 223 Å². The zero-order valence-electron chi connectivity index (χ0n) is 22.1. The van der Waals surface area contributed by atoms with Gasteiger partial charge in [-0.15, -0.1) is 13.2 Å². The number of aromatic nitrogens is 1. The molecule has 13 nitrogen and oxygen atoms in total. The lowest BCUT2D eigenvalue weighted by Gasteiger charge is -2.21. The molecule has 3 amide bonds. The Hall–Kier alpha value is -3.95. The van der Waals surface area contributed by atoms with Crippen molar-refractivity contribution in [3.8, 4) is 0 Å². The third kappa shape index (κ3) is 18.0. The van der Waals surface area contributed by atoms with Crippen molar-refractivity contribution in [2.24, 2.45) is 0 Å². The number of halogens is 3. The van der Waals surface area contributed by atoms with Crippen LogP contribution in [-0.2, 0) is 19.1 Å². The van der Waals surface area contributed by atoms with E-state index in [0.29, 0.717) is 36.4 Å². The maximum Gasteiger partial charge on any atom is 0.575 e. The van der Waals surface area contributed by atoms with Crippen LogP contribution in [0.5, 0.6) is 0 Å². The van der Waals surface area contributed by atoms with Crippen LogP contribution in [0.2, 0.25) is 0 Å². The van der Waals surface area contributed by atoms with E-state index in [1.165, 1.54) is 6.20 Å². The maximum atomic E-state index is 12.2. The molecule has 1 unspecified atom stereocenters. The van der Waals surface area contributed by atoms with Crippen LogP contribution in [0.15, 0.2) is 18.3 Å². The molecule has 0 aliphatic carbocycles. The molecule has 0 fully saturated rings. The average Bonchev–Trinajstić information content (AvgIpc) is 2.78. The molecule has 1 atom stereocenters. The average molecular weight is 567 g/mol. The van der Waals surface area contributed by atoms with Crippen molar-refractivity contribution >= 4 is 35.7 Å². The summed E-state index contributed by atoms with van der Waals surface area (Å²) in [5, 5.41) is 25.3. The molecule has 16 heteroatoms. The highest BCUT2D eigenvalue weighted by Gasteiger charge is 2.32. The molecule has 0 aliphatic rings. The van der Waals surface area contributed by atoms with E-state index >= 15 is 0 Å². The van der Waals surface area contributed by atoms with Gasteiger partial charge in [-0.3, -0.25) is 18.9 Å². The van der Waals surface area contributed by atoms with E-state index in [1.54, 1.807) is 12.1 Å². The number of carbonyl (C=O) groups excluding carboxylic acids is 3. The first-order valence-corrected chi connectivity index (χ1v) is 11.7. The van der Waals surface area contributed by atoms with Gasteiger partial charge in [0.2, 0.25) is 5.82 Å². The Bertz CT molecular complexity index is 966. The number of quaternary nitrogens is 1. The molecule has 0 bridgehead atoms. The van der Waals surface area contributed by atoms with Crippen molar-refractivity contribution in [1.82, 2.24) is 25.4 Å². The topological polar surface area (TPSA) is 184 Å². The van der Waals surface area contributed by atoms with Gasteiger partial charge in [-0.25, -0.2) is 14.6 Å². The summed E-state index contributed by atoms with van der Waals surface area (Å²) in [5.74, 6) is -2.90. The van der Waals surface area contributed by atoms with Gasteiger partial charge in [0.25, 0.3) is 5.91 Å². The second-order valence-corrected chi connectivity index (χ2v) is 9.00. The van der Waals surface area contributed by atoms with E-state index in [9.17, 15) is 42.3 Å². The standard InChI is InChI=1S/C20H31N5O6.C3H3F3O2/c1-25(2,3)16-10-9-14(13-23-16)18(28)21-11-5-4-7-15(19(29)30)24-20(31)22-12-6-8-17(26)27;1-2(7)8-3(4,5)6/h9-10,13,15H,4-8,11-12H2,1-3H3,(H4-,21,22,24,26,27,28,29,30,31);1H3/p+1. The number of amides is 3. The van der Waals surface area contributed by atoms with E-state index in [1.807, 2.05) is 21.1 Å². The van der Waals surface area contributed by atoms with E-state index in [0.717, 1.165) is 5.82 Å². The van der Waals surface area contributed by atoms with Gasteiger partial charge in [-0.2, -0.15) is 0 Å². The number of nitrogens with one attached hydrogen (secondary N) is 3. The fraction of sp³-hybridized carbons (Fsp3) is 0.565. The number of aliphatic carboxylic acids is 2. The molecule has 0 aromatic carbocycles. The van der Waals surface area contributed by atoms with Gasteiger partial charge >= 0.3 is 30.3 Å². The molecular formula is C23H35F3N5O8+. The Morgan fingerprint density at radius 2 is 1.62 bits per heavy atom. The first kappa shape index (κ1) is 35.0. The third-order valence-electron chi connectivity index (χ3n) is 4.62. The van der Waals surface area contributed by atoms with Gasteiger partial charge in [0.05, 0.1) is 26.7 Å². The summed E-state index contributed by atoms with van der Waals surface area (Å²) in [4.78, 5) is 59.4. The highest BCUT2D eigenvalue weighted by molar-refractivity contribution is 5.94. The Kier molecular flexibility index (Phi) is 15.1. The molecule has 0 aliphatic heterocycles. The summed E-state index contributed by atoms with van der Waals surface area (Å²) in [6, 6.07) is 1.78. The monoisotopic (exact) mass is 566 g/mol. The number of carboxylic acids is 2. The summed E-state index contributed by atoms with van der Waals surface area (Å²) in [5.41, 5.74) is 0.446. The van der Waals surface area contributed by atoms with Crippen LogP contribution in [0.3, 0.4) is 0 Å².